The molecule has 2 aliphatic rings. The molecule has 2 aliphatic heterocycles. The fourth-order valence-electron chi connectivity index (χ4n) is 5.43. The summed E-state index contributed by atoms with van der Waals surface area (Å²) < 4.78 is 7.64. The number of H-pyrrole nitrogens is 1. The molecule has 2 saturated heterocycles. The van der Waals surface area contributed by atoms with Crippen LogP contribution >= 0.6 is 0 Å². The van der Waals surface area contributed by atoms with Crippen molar-refractivity contribution in [1.29, 1.82) is 0 Å². The highest BCUT2D eigenvalue weighted by Gasteiger charge is 2.41. The van der Waals surface area contributed by atoms with Crippen LogP contribution in [0.3, 0.4) is 0 Å². The number of aromatic amines is 1. The van der Waals surface area contributed by atoms with Gasteiger partial charge in [-0.15, -0.1) is 0 Å². The number of hydrogen-bond donors (Lipinski definition) is 2. The molecule has 1 aromatic carbocycles. The number of carbonyl (C=O) groups excluding carboxylic acids is 1. The smallest absolute Gasteiger partial charge is 0.326 e. The van der Waals surface area contributed by atoms with Gasteiger partial charge in [0, 0.05) is 37.9 Å². The van der Waals surface area contributed by atoms with Gasteiger partial charge in [0.2, 0.25) is 0 Å². The quantitative estimate of drug-likeness (QED) is 0.391. The third-order valence-corrected chi connectivity index (χ3v) is 7.60. The second-order valence-electron chi connectivity index (χ2n) is 10.4. The number of aryl methyl sites for hydroxylation is 1. The van der Waals surface area contributed by atoms with Gasteiger partial charge in [-0.2, -0.15) is 10.2 Å². The van der Waals surface area contributed by atoms with E-state index in [-0.39, 0.29) is 24.1 Å². The SMILES string of the molecule is CCc1cn[nH]c1-c1ccc(-c2cnn3ccc(N4C(=O)N(CC5CNCCO5)CC4C(C)C)nc23)cc1. The van der Waals surface area contributed by atoms with Gasteiger partial charge in [-0.25, -0.2) is 14.3 Å². The van der Waals surface area contributed by atoms with Crippen molar-refractivity contribution in [2.45, 2.75) is 39.3 Å². The highest BCUT2D eigenvalue weighted by atomic mass is 16.5. The lowest BCUT2D eigenvalue weighted by atomic mass is 10.0. The van der Waals surface area contributed by atoms with Crippen LogP contribution in [0.5, 0.6) is 0 Å². The Hall–Kier alpha value is -3.76. The van der Waals surface area contributed by atoms with E-state index < -0.39 is 0 Å². The van der Waals surface area contributed by atoms with Crippen LogP contribution in [0.15, 0.2) is 48.9 Å². The van der Waals surface area contributed by atoms with Gasteiger partial charge in [0.15, 0.2) is 5.65 Å². The Labute approximate surface area is 222 Å². The Morgan fingerprint density at radius 3 is 2.68 bits per heavy atom. The van der Waals surface area contributed by atoms with E-state index in [4.69, 9.17) is 9.72 Å². The molecule has 0 aliphatic carbocycles. The zero-order valence-electron chi connectivity index (χ0n) is 22.1. The molecule has 0 bridgehead atoms. The minimum atomic E-state index is -0.0218. The molecule has 10 nitrogen and oxygen atoms in total. The molecule has 2 amide bonds. The molecule has 4 aromatic rings. The number of carbonyl (C=O) groups is 1. The van der Waals surface area contributed by atoms with E-state index in [1.54, 1.807) is 4.52 Å². The fourth-order valence-corrected chi connectivity index (χ4v) is 5.43. The zero-order valence-corrected chi connectivity index (χ0v) is 22.1. The van der Waals surface area contributed by atoms with Gasteiger partial charge >= 0.3 is 6.03 Å². The lowest BCUT2D eigenvalue weighted by Gasteiger charge is -2.27. The monoisotopic (exact) mass is 514 g/mol. The maximum Gasteiger partial charge on any atom is 0.326 e. The number of anilines is 1. The number of ether oxygens (including phenoxy) is 1. The summed E-state index contributed by atoms with van der Waals surface area (Å²) in [4.78, 5) is 22.4. The van der Waals surface area contributed by atoms with Crippen molar-refractivity contribution in [3.8, 4) is 22.4 Å². The van der Waals surface area contributed by atoms with Crippen molar-refractivity contribution < 1.29 is 9.53 Å². The standard InChI is InChI=1S/C28H34N8O2/c1-4-19-13-30-33-26(19)21-7-5-20(6-8-21)23-15-31-35-11-9-25(32-27(23)35)36-24(18(2)3)17-34(28(36)37)16-22-14-29-10-12-38-22/h5-9,11,13,15,18,22,24,29H,4,10,12,14,16-17H2,1-3H3,(H,30,33). The van der Waals surface area contributed by atoms with Gasteiger partial charge < -0.3 is 15.0 Å². The molecular formula is C28H34N8O2. The Morgan fingerprint density at radius 1 is 1.13 bits per heavy atom. The van der Waals surface area contributed by atoms with Crippen molar-refractivity contribution in [3.63, 3.8) is 0 Å². The number of urea groups is 1. The summed E-state index contributed by atoms with van der Waals surface area (Å²) in [5.74, 6) is 0.926. The first-order valence-corrected chi connectivity index (χ1v) is 13.4. The third kappa shape index (κ3) is 4.43. The van der Waals surface area contributed by atoms with Crippen molar-refractivity contribution in [2.24, 2.45) is 5.92 Å². The minimum absolute atomic E-state index is 0.00969. The number of benzene rings is 1. The lowest BCUT2D eigenvalue weighted by molar-refractivity contribution is 0.0144. The summed E-state index contributed by atoms with van der Waals surface area (Å²) in [5.41, 5.74) is 5.99. The first-order valence-electron chi connectivity index (χ1n) is 13.4. The van der Waals surface area contributed by atoms with Gasteiger partial charge in [-0.05, 0) is 35.1 Å². The number of aromatic nitrogens is 5. The van der Waals surface area contributed by atoms with Gasteiger partial charge in [0.25, 0.3) is 0 Å². The van der Waals surface area contributed by atoms with Crippen LogP contribution in [0.25, 0.3) is 28.0 Å². The maximum absolute atomic E-state index is 13.6. The van der Waals surface area contributed by atoms with Crippen LogP contribution in [0, 0.1) is 5.92 Å². The Morgan fingerprint density at radius 2 is 1.95 bits per heavy atom. The maximum atomic E-state index is 13.6. The molecule has 0 spiro atoms. The van der Waals surface area contributed by atoms with Crippen LogP contribution < -0.4 is 10.2 Å². The second-order valence-corrected chi connectivity index (χ2v) is 10.4. The molecule has 5 heterocycles. The first-order chi connectivity index (χ1) is 18.5. The fraction of sp³-hybridized carbons (Fsp3) is 0.429. The highest BCUT2D eigenvalue weighted by molar-refractivity contribution is 5.94. The average Bonchev–Trinajstić information content (AvgIpc) is 3.66. The van der Waals surface area contributed by atoms with Crippen molar-refractivity contribution in [1.82, 2.24) is 35.0 Å². The summed E-state index contributed by atoms with van der Waals surface area (Å²) in [6.07, 6.45) is 6.53. The molecule has 198 valence electrons. The van der Waals surface area contributed by atoms with Gasteiger partial charge in [-0.1, -0.05) is 45.0 Å². The minimum Gasteiger partial charge on any atom is -0.374 e. The van der Waals surface area contributed by atoms with Gasteiger partial charge in [0.05, 0.1) is 36.8 Å². The average molecular weight is 515 g/mol. The molecular weight excluding hydrogens is 480 g/mol. The number of nitrogens with one attached hydrogen (secondary N) is 2. The van der Waals surface area contributed by atoms with E-state index >= 15 is 0 Å². The Balaban J connectivity index is 1.30. The van der Waals surface area contributed by atoms with E-state index in [1.165, 1.54) is 5.56 Å². The predicted octanol–water partition coefficient (Wildman–Crippen LogP) is 3.60. The molecule has 6 rings (SSSR count). The third-order valence-electron chi connectivity index (χ3n) is 7.60. The van der Waals surface area contributed by atoms with Crippen molar-refractivity contribution >= 4 is 17.5 Å². The lowest BCUT2D eigenvalue weighted by Crippen LogP contribution is -2.46. The van der Waals surface area contributed by atoms with Gasteiger partial charge in [-0.3, -0.25) is 10.00 Å². The molecule has 38 heavy (non-hydrogen) atoms. The number of fused-ring (bicyclic) bond motifs is 1. The molecule has 2 N–H and O–H groups in total. The summed E-state index contributed by atoms with van der Waals surface area (Å²) in [6.45, 7) is 9.96. The van der Waals surface area contributed by atoms with Crippen LogP contribution in [-0.2, 0) is 11.2 Å². The summed E-state index contributed by atoms with van der Waals surface area (Å²) in [6, 6.07) is 10.2. The van der Waals surface area contributed by atoms with Crippen LogP contribution in [-0.4, -0.2) is 80.7 Å². The van der Waals surface area contributed by atoms with Crippen molar-refractivity contribution in [3.05, 3.63) is 54.5 Å². The number of amides is 2. The topological polar surface area (TPSA) is 104 Å². The van der Waals surface area contributed by atoms with Crippen molar-refractivity contribution in [2.75, 3.05) is 37.7 Å². The van der Waals surface area contributed by atoms with Crippen LogP contribution in [0.4, 0.5) is 10.6 Å². The molecule has 0 saturated carbocycles. The first kappa shape index (κ1) is 24.6. The zero-order chi connectivity index (χ0) is 26.2. The predicted molar refractivity (Wildman–Crippen MR) is 146 cm³/mol. The summed E-state index contributed by atoms with van der Waals surface area (Å²) >= 11 is 0. The highest BCUT2D eigenvalue weighted by Crippen LogP contribution is 2.31. The molecule has 10 heteroatoms. The normalized spacial score (nSPS) is 20.3. The van der Waals surface area contributed by atoms with Crippen LogP contribution in [0.1, 0.15) is 26.3 Å². The van der Waals surface area contributed by atoms with E-state index in [0.717, 1.165) is 47.5 Å². The summed E-state index contributed by atoms with van der Waals surface area (Å²) in [7, 11) is 0. The van der Waals surface area contributed by atoms with E-state index in [1.807, 2.05) is 34.5 Å². The molecule has 2 unspecified atom stereocenters. The van der Waals surface area contributed by atoms with Crippen LogP contribution in [0.2, 0.25) is 0 Å². The molecule has 2 atom stereocenters. The number of morpholine rings is 1. The number of hydrogen-bond acceptors (Lipinski definition) is 6. The second kappa shape index (κ2) is 10.2. The molecule has 0 radical (unpaired) electrons. The number of rotatable bonds is 7. The Bertz CT molecular complexity index is 1420. The summed E-state index contributed by atoms with van der Waals surface area (Å²) in [5, 5.41) is 15.2. The molecule has 3 aromatic heterocycles. The number of nitrogens with zero attached hydrogens (tertiary/aromatic N) is 6. The molecule has 2 fully saturated rings. The van der Waals surface area contributed by atoms with Gasteiger partial charge in [0.1, 0.15) is 5.82 Å². The largest absolute Gasteiger partial charge is 0.374 e. The van der Waals surface area contributed by atoms with E-state index in [9.17, 15) is 4.79 Å². The van der Waals surface area contributed by atoms with E-state index in [0.29, 0.717) is 25.5 Å². The Kier molecular flexibility index (Phi) is 6.59. The van der Waals surface area contributed by atoms with E-state index in [2.05, 4.69) is 65.6 Å².